The van der Waals surface area contributed by atoms with E-state index >= 15 is 0 Å². The Morgan fingerprint density at radius 3 is 2.11 bits per heavy atom. The first kappa shape index (κ1) is 25.4. The zero-order valence-corrected chi connectivity index (χ0v) is 23.1. The molecule has 3 heterocycles. The van der Waals surface area contributed by atoms with Crippen molar-refractivity contribution in [2.24, 2.45) is 5.92 Å². The first-order valence-corrected chi connectivity index (χ1v) is 14.7. The number of amides is 3. The molecule has 0 atom stereocenters. The van der Waals surface area contributed by atoms with Crippen LogP contribution in [0.3, 0.4) is 0 Å². The van der Waals surface area contributed by atoms with Gasteiger partial charge in [-0.15, -0.1) is 0 Å². The van der Waals surface area contributed by atoms with E-state index in [1.54, 1.807) is 4.90 Å². The van der Waals surface area contributed by atoms with Crippen LogP contribution in [0.25, 0.3) is 0 Å². The van der Waals surface area contributed by atoms with Crippen molar-refractivity contribution >= 4 is 17.6 Å². The van der Waals surface area contributed by atoms with Gasteiger partial charge in [-0.2, -0.15) is 0 Å². The molecule has 0 saturated carbocycles. The Labute approximate surface area is 227 Å². The van der Waals surface area contributed by atoms with Crippen molar-refractivity contribution in [3.05, 3.63) is 65.2 Å². The van der Waals surface area contributed by atoms with E-state index < -0.39 is 5.54 Å². The summed E-state index contributed by atoms with van der Waals surface area (Å²) in [4.78, 5) is 36.6. The molecule has 38 heavy (non-hydrogen) atoms. The number of urea groups is 1. The molecule has 2 aromatic carbocycles. The van der Waals surface area contributed by atoms with Gasteiger partial charge in [0.05, 0.1) is 0 Å². The number of hydrogen-bond acceptors (Lipinski definition) is 4. The topological polar surface area (TPSA) is 47.1 Å². The van der Waals surface area contributed by atoms with Gasteiger partial charge in [0.25, 0.3) is 5.91 Å². The molecule has 0 N–H and O–H groups in total. The monoisotopic (exact) mass is 514 g/mol. The Hall–Kier alpha value is -2.86. The SMILES string of the molecule is CC(C)CCN1C(=O)N(C2Cc3ccccc3C2)C(=O)C12CCN(Cc1ccc(N3CCCC3)cc1)CC2. The van der Waals surface area contributed by atoms with E-state index in [9.17, 15) is 9.59 Å². The largest absolute Gasteiger partial charge is 0.372 e. The van der Waals surface area contributed by atoms with Crippen LogP contribution < -0.4 is 4.90 Å². The Bertz CT molecular complexity index is 1140. The minimum Gasteiger partial charge on any atom is -0.372 e. The van der Waals surface area contributed by atoms with Crippen LogP contribution in [-0.4, -0.2) is 70.9 Å². The number of rotatable bonds is 7. The van der Waals surface area contributed by atoms with Crippen LogP contribution in [0.15, 0.2) is 48.5 Å². The first-order valence-electron chi connectivity index (χ1n) is 14.7. The molecule has 6 heteroatoms. The van der Waals surface area contributed by atoms with Gasteiger partial charge in [0.1, 0.15) is 5.54 Å². The summed E-state index contributed by atoms with van der Waals surface area (Å²) in [6, 6.07) is 17.3. The molecule has 6 nitrogen and oxygen atoms in total. The minimum atomic E-state index is -0.684. The van der Waals surface area contributed by atoms with Crippen molar-refractivity contribution in [1.29, 1.82) is 0 Å². The second-order valence-corrected chi connectivity index (χ2v) is 12.3. The van der Waals surface area contributed by atoms with Gasteiger partial charge in [-0.25, -0.2) is 4.79 Å². The number of piperidine rings is 1. The summed E-state index contributed by atoms with van der Waals surface area (Å²) in [6.45, 7) is 9.95. The summed E-state index contributed by atoms with van der Waals surface area (Å²) in [5, 5.41) is 0. The normalized spacial score (nSPS) is 21.9. The number of nitrogens with zero attached hydrogens (tertiary/aromatic N) is 4. The lowest BCUT2D eigenvalue weighted by Gasteiger charge is -2.42. The number of hydrogen-bond donors (Lipinski definition) is 0. The number of benzene rings is 2. The van der Waals surface area contributed by atoms with Gasteiger partial charge in [0.15, 0.2) is 0 Å². The maximum Gasteiger partial charge on any atom is 0.327 e. The number of carbonyl (C=O) groups is 2. The smallest absolute Gasteiger partial charge is 0.327 e. The molecule has 2 aromatic rings. The van der Waals surface area contributed by atoms with Crippen LogP contribution >= 0.6 is 0 Å². The summed E-state index contributed by atoms with van der Waals surface area (Å²) in [5.74, 6) is 0.544. The molecule has 3 aliphatic heterocycles. The lowest BCUT2D eigenvalue weighted by molar-refractivity contribution is -0.137. The number of anilines is 1. The molecular weight excluding hydrogens is 472 g/mol. The van der Waals surface area contributed by atoms with Gasteiger partial charge < -0.3 is 9.80 Å². The average Bonchev–Trinajstić information content (AvgIpc) is 3.64. The highest BCUT2D eigenvalue weighted by Crippen LogP contribution is 2.41. The zero-order chi connectivity index (χ0) is 26.3. The molecule has 6 rings (SSSR count). The van der Waals surface area contributed by atoms with Gasteiger partial charge in [-0.3, -0.25) is 14.6 Å². The Morgan fingerprint density at radius 2 is 1.50 bits per heavy atom. The van der Waals surface area contributed by atoms with Crippen LogP contribution in [0.1, 0.15) is 62.6 Å². The molecular formula is C32H42N4O2. The van der Waals surface area contributed by atoms with Crippen LogP contribution in [0.2, 0.25) is 0 Å². The van der Waals surface area contributed by atoms with E-state index in [4.69, 9.17) is 0 Å². The van der Waals surface area contributed by atoms with E-state index in [0.717, 1.165) is 64.8 Å². The highest BCUT2D eigenvalue weighted by atomic mass is 16.2. The third kappa shape index (κ3) is 4.61. The third-order valence-electron chi connectivity index (χ3n) is 9.39. The minimum absolute atomic E-state index is 0.0543. The summed E-state index contributed by atoms with van der Waals surface area (Å²) in [5.41, 5.74) is 4.52. The highest BCUT2D eigenvalue weighted by Gasteiger charge is 2.59. The van der Waals surface area contributed by atoms with Gasteiger partial charge in [-0.1, -0.05) is 50.2 Å². The Kier molecular flexibility index (Phi) is 6.93. The number of likely N-dealkylation sites (tertiary alicyclic amines) is 1. The van der Waals surface area contributed by atoms with Gasteiger partial charge in [0, 0.05) is 51.0 Å². The number of fused-ring (bicyclic) bond motifs is 1. The lowest BCUT2D eigenvalue weighted by atomic mass is 9.85. The van der Waals surface area contributed by atoms with Crippen molar-refractivity contribution in [3.8, 4) is 0 Å². The van der Waals surface area contributed by atoms with Crippen molar-refractivity contribution in [2.45, 2.75) is 76.9 Å². The second kappa shape index (κ2) is 10.4. The van der Waals surface area contributed by atoms with Crippen LogP contribution in [-0.2, 0) is 24.2 Å². The standard InChI is InChI=1S/C32H42N4O2/c1-24(2)13-18-35-31(38)36(29-21-26-7-3-4-8-27(26)22-29)30(37)32(35)14-19-33(20-15-32)23-25-9-11-28(12-10-25)34-16-5-6-17-34/h3-4,7-12,24,29H,5-6,13-23H2,1-2H3. The van der Waals surface area contributed by atoms with Crippen molar-refractivity contribution < 1.29 is 9.59 Å². The van der Waals surface area contributed by atoms with Crippen LogP contribution in [0.4, 0.5) is 10.5 Å². The number of carbonyl (C=O) groups excluding carboxylic acids is 2. The lowest BCUT2D eigenvalue weighted by Crippen LogP contribution is -2.56. The predicted molar refractivity (Wildman–Crippen MR) is 151 cm³/mol. The molecule has 0 radical (unpaired) electrons. The van der Waals surface area contributed by atoms with Crippen molar-refractivity contribution in [1.82, 2.24) is 14.7 Å². The van der Waals surface area contributed by atoms with E-state index in [0.29, 0.717) is 12.5 Å². The first-order chi connectivity index (χ1) is 18.4. The molecule has 0 unspecified atom stereocenters. The molecule has 3 fully saturated rings. The molecule has 1 spiro atoms. The fraction of sp³-hybridized carbons (Fsp3) is 0.562. The predicted octanol–water partition coefficient (Wildman–Crippen LogP) is 5.10. The number of imide groups is 1. The molecule has 3 saturated heterocycles. The molecule has 202 valence electrons. The van der Waals surface area contributed by atoms with Crippen LogP contribution in [0, 0.1) is 5.92 Å². The summed E-state index contributed by atoms with van der Waals surface area (Å²) in [6.07, 6.45) is 6.50. The zero-order valence-electron chi connectivity index (χ0n) is 23.1. The van der Waals surface area contributed by atoms with Crippen LogP contribution in [0.5, 0.6) is 0 Å². The fourth-order valence-corrected chi connectivity index (χ4v) is 7.09. The molecule has 0 aromatic heterocycles. The maximum atomic E-state index is 14.2. The quantitative estimate of drug-likeness (QED) is 0.483. The van der Waals surface area contributed by atoms with Gasteiger partial charge in [-0.05, 0) is 79.7 Å². The average molecular weight is 515 g/mol. The maximum absolute atomic E-state index is 14.2. The van der Waals surface area contributed by atoms with E-state index in [1.807, 2.05) is 4.90 Å². The second-order valence-electron chi connectivity index (χ2n) is 12.3. The highest BCUT2D eigenvalue weighted by molar-refractivity contribution is 6.07. The molecule has 0 bridgehead atoms. The van der Waals surface area contributed by atoms with Gasteiger partial charge >= 0.3 is 6.03 Å². The molecule has 1 aliphatic carbocycles. The third-order valence-corrected chi connectivity index (χ3v) is 9.39. The van der Waals surface area contributed by atoms with Crippen molar-refractivity contribution in [2.75, 3.05) is 37.6 Å². The fourth-order valence-electron chi connectivity index (χ4n) is 7.09. The van der Waals surface area contributed by atoms with E-state index in [-0.39, 0.29) is 18.0 Å². The van der Waals surface area contributed by atoms with Gasteiger partial charge in [0.2, 0.25) is 0 Å². The Balaban J connectivity index is 1.15. The molecule has 4 aliphatic rings. The summed E-state index contributed by atoms with van der Waals surface area (Å²) < 4.78 is 0. The Morgan fingerprint density at radius 1 is 0.868 bits per heavy atom. The van der Waals surface area contributed by atoms with E-state index in [1.165, 1.54) is 35.2 Å². The van der Waals surface area contributed by atoms with E-state index in [2.05, 4.69) is 72.2 Å². The summed E-state index contributed by atoms with van der Waals surface area (Å²) in [7, 11) is 0. The van der Waals surface area contributed by atoms with Crippen molar-refractivity contribution in [3.63, 3.8) is 0 Å². The molecule has 3 amide bonds. The summed E-state index contributed by atoms with van der Waals surface area (Å²) >= 11 is 0.